The molecule has 0 amide bonds. The average Bonchev–Trinajstić information content (AvgIpc) is 2.30. The molecular formula is C13H19ClN2O. The van der Waals surface area contributed by atoms with Crippen LogP contribution in [0, 0.1) is 6.92 Å². The number of hydrogen-bond acceptors (Lipinski definition) is 3. The van der Waals surface area contributed by atoms with Crippen LogP contribution < -0.4 is 4.90 Å². The van der Waals surface area contributed by atoms with Gasteiger partial charge in [0.15, 0.2) is 0 Å². The molecule has 1 atom stereocenters. The molecule has 0 aromatic heterocycles. The van der Waals surface area contributed by atoms with E-state index >= 15 is 0 Å². The van der Waals surface area contributed by atoms with Gasteiger partial charge in [0.1, 0.15) is 0 Å². The first-order valence-electron chi connectivity index (χ1n) is 5.94. The molecule has 1 unspecified atom stereocenters. The summed E-state index contributed by atoms with van der Waals surface area (Å²) in [6.45, 7) is 5.13. The van der Waals surface area contributed by atoms with Crippen molar-refractivity contribution in [2.45, 2.75) is 13.0 Å². The molecule has 1 saturated heterocycles. The summed E-state index contributed by atoms with van der Waals surface area (Å²) in [6.07, 6.45) is 0. The second kappa shape index (κ2) is 5.25. The zero-order valence-corrected chi connectivity index (χ0v) is 11.1. The van der Waals surface area contributed by atoms with E-state index in [1.165, 1.54) is 11.3 Å². The van der Waals surface area contributed by atoms with Gasteiger partial charge in [-0.3, -0.25) is 4.90 Å². The van der Waals surface area contributed by atoms with Crippen molar-refractivity contribution < 1.29 is 5.11 Å². The summed E-state index contributed by atoms with van der Waals surface area (Å²) in [6, 6.07) is 6.20. The molecular weight excluding hydrogens is 236 g/mol. The number of likely N-dealkylation sites (N-methyl/N-ethyl adjacent to an activating group) is 1. The number of rotatable bonds is 2. The minimum Gasteiger partial charge on any atom is -0.395 e. The Labute approximate surface area is 108 Å². The van der Waals surface area contributed by atoms with E-state index in [1.807, 2.05) is 12.1 Å². The molecule has 0 spiro atoms. The molecule has 1 heterocycles. The van der Waals surface area contributed by atoms with Crippen molar-refractivity contribution in [3.63, 3.8) is 0 Å². The molecule has 1 aromatic rings. The fourth-order valence-electron chi connectivity index (χ4n) is 2.34. The first kappa shape index (κ1) is 12.7. The maximum Gasteiger partial charge on any atom is 0.0604 e. The number of anilines is 1. The molecule has 17 heavy (non-hydrogen) atoms. The maximum absolute atomic E-state index is 9.35. The fourth-order valence-corrected chi connectivity index (χ4v) is 2.56. The van der Waals surface area contributed by atoms with Gasteiger partial charge in [0, 0.05) is 30.3 Å². The predicted molar refractivity (Wildman–Crippen MR) is 71.9 cm³/mol. The molecule has 0 radical (unpaired) electrons. The molecule has 2 rings (SSSR count). The van der Waals surface area contributed by atoms with Crippen LogP contribution >= 0.6 is 11.6 Å². The Morgan fingerprint density at radius 1 is 1.41 bits per heavy atom. The van der Waals surface area contributed by atoms with Gasteiger partial charge in [0.2, 0.25) is 0 Å². The maximum atomic E-state index is 9.35. The van der Waals surface area contributed by atoms with Gasteiger partial charge in [-0.15, -0.1) is 0 Å². The van der Waals surface area contributed by atoms with Crippen LogP contribution in [0.15, 0.2) is 18.2 Å². The number of benzene rings is 1. The summed E-state index contributed by atoms with van der Waals surface area (Å²) in [5.74, 6) is 0. The van der Waals surface area contributed by atoms with E-state index in [4.69, 9.17) is 11.6 Å². The van der Waals surface area contributed by atoms with Crippen LogP contribution in [0.4, 0.5) is 5.69 Å². The van der Waals surface area contributed by atoms with Crippen LogP contribution in [-0.4, -0.2) is 49.3 Å². The molecule has 1 N–H and O–H groups in total. The van der Waals surface area contributed by atoms with Gasteiger partial charge >= 0.3 is 0 Å². The first-order chi connectivity index (χ1) is 8.11. The third kappa shape index (κ3) is 2.73. The summed E-state index contributed by atoms with van der Waals surface area (Å²) in [4.78, 5) is 4.54. The third-order valence-corrected chi connectivity index (χ3v) is 3.72. The lowest BCUT2D eigenvalue weighted by Gasteiger charge is -2.40. The summed E-state index contributed by atoms with van der Waals surface area (Å²) >= 11 is 5.97. The van der Waals surface area contributed by atoms with Gasteiger partial charge in [-0.25, -0.2) is 0 Å². The quantitative estimate of drug-likeness (QED) is 0.871. The predicted octanol–water partition coefficient (Wildman–Crippen LogP) is 1.76. The third-order valence-electron chi connectivity index (χ3n) is 3.49. The van der Waals surface area contributed by atoms with E-state index in [0.29, 0.717) is 0 Å². The normalized spacial score (nSPS) is 21.9. The van der Waals surface area contributed by atoms with Gasteiger partial charge in [0.05, 0.1) is 12.6 Å². The van der Waals surface area contributed by atoms with Gasteiger partial charge < -0.3 is 10.0 Å². The molecule has 0 bridgehead atoms. The molecule has 0 aliphatic carbocycles. The highest BCUT2D eigenvalue weighted by Crippen LogP contribution is 2.25. The molecule has 4 heteroatoms. The van der Waals surface area contributed by atoms with Gasteiger partial charge in [0.25, 0.3) is 0 Å². The lowest BCUT2D eigenvalue weighted by atomic mass is 10.1. The lowest BCUT2D eigenvalue weighted by Crippen LogP contribution is -2.53. The Bertz CT molecular complexity index is 397. The Kier molecular flexibility index (Phi) is 3.92. The van der Waals surface area contributed by atoms with E-state index in [-0.39, 0.29) is 12.6 Å². The standard InChI is InChI=1S/C13H19ClN2O/c1-10-7-11(14)3-4-13(10)16-6-5-15(2)12(8-16)9-17/h3-4,7,12,17H,5-6,8-9H2,1-2H3. The number of aliphatic hydroxyl groups is 1. The van der Waals surface area contributed by atoms with Crippen LogP contribution in [-0.2, 0) is 0 Å². The van der Waals surface area contributed by atoms with Crippen molar-refractivity contribution >= 4 is 17.3 Å². The molecule has 94 valence electrons. The van der Waals surface area contributed by atoms with E-state index in [1.54, 1.807) is 0 Å². The van der Waals surface area contributed by atoms with Gasteiger partial charge in [-0.2, -0.15) is 0 Å². The van der Waals surface area contributed by atoms with E-state index in [0.717, 1.165) is 24.7 Å². The summed E-state index contributed by atoms with van der Waals surface area (Å²) in [5.41, 5.74) is 2.42. The minimum atomic E-state index is 0.208. The highest BCUT2D eigenvalue weighted by molar-refractivity contribution is 6.30. The monoisotopic (exact) mass is 254 g/mol. The molecule has 3 nitrogen and oxygen atoms in total. The SMILES string of the molecule is Cc1cc(Cl)ccc1N1CCN(C)C(CO)C1. The van der Waals surface area contributed by atoms with Crippen molar-refractivity contribution in [1.29, 1.82) is 0 Å². The van der Waals surface area contributed by atoms with Crippen molar-refractivity contribution in [2.24, 2.45) is 0 Å². The van der Waals surface area contributed by atoms with E-state index < -0.39 is 0 Å². The summed E-state index contributed by atoms with van der Waals surface area (Å²) in [7, 11) is 2.06. The van der Waals surface area contributed by atoms with Gasteiger partial charge in [-0.05, 0) is 37.7 Å². The summed E-state index contributed by atoms with van der Waals surface area (Å²) in [5, 5.41) is 10.1. The Morgan fingerprint density at radius 2 is 2.18 bits per heavy atom. The lowest BCUT2D eigenvalue weighted by molar-refractivity contribution is 0.135. The summed E-state index contributed by atoms with van der Waals surface area (Å²) < 4.78 is 0. The smallest absolute Gasteiger partial charge is 0.0604 e. The van der Waals surface area contributed by atoms with Crippen molar-refractivity contribution in [1.82, 2.24) is 4.90 Å². The Balaban J connectivity index is 2.17. The molecule has 1 fully saturated rings. The zero-order valence-electron chi connectivity index (χ0n) is 10.4. The second-order valence-corrected chi connectivity index (χ2v) is 5.13. The minimum absolute atomic E-state index is 0.208. The van der Waals surface area contributed by atoms with Gasteiger partial charge in [-0.1, -0.05) is 11.6 Å². The van der Waals surface area contributed by atoms with Crippen LogP contribution in [0.5, 0.6) is 0 Å². The Hall–Kier alpha value is -0.770. The highest BCUT2D eigenvalue weighted by atomic mass is 35.5. The highest BCUT2D eigenvalue weighted by Gasteiger charge is 2.24. The number of hydrogen-bond donors (Lipinski definition) is 1. The Morgan fingerprint density at radius 3 is 2.82 bits per heavy atom. The molecule has 1 aliphatic heterocycles. The van der Waals surface area contributed by atoms with Crippen molar-refractivity contribution in [3.8, 4) is 0 Å². The van der Waals surface area contributed by atoms with E-state index in [2.05, 4.69) is 29.8 Å². The number of nitrogens with zero attached hydrogens (tertiary/aromatic N) is 2. The molecule has 1 aromatic carbocycles. The topological polar surface area (TPSA) is 26.7 Å². The van der Waals surface area contributed by atoms with E-state index in [9.17, 15) is 5.11 Å². The fraction of sp³-hybridized carbons (Fsp3) is 0.538. The number of aliphatic hydroxyl groups excluding tert-OH is 1. The average molecular weight is 255 g/mol. The molecule has 1 aliphatic rings. The van der Waals surface area contributed by atoms with Crippen LogP contribution in [0.25, 0.3) is 0 Å². The van der Waals surface area contributed by atoms with Crippen molar-refractivity contribution in [3.05, 3.63) is 28.8 Å². The molecule has 0 saturated carbocycles. The van der Waals surface area contributed by atoms with Crippen LogP contribution in [0.2, 0.25) is 5.02 Å². The van der Waals surface area contributed by atoms with Crippen molar-refractivity contribution in [2.75, 3.05) is 38.2 Å². The number of aryl methyl sites for hydroxylation is 1. The van der Waals surface area contributed by atoms with Crippen LogP contribution in [0.3, 0.4) is 0 Å². The zero-order chi connectivity index (χ0) is 12.4. The second-order valence-electron chi connectivity index (χ2n) is 4.69. The number of piperazine rings is 1. The first-order valence-corrected chi connectivity index (χ1v) is 6.32. The van der Waals surface area contributed by atoms with Crippen LogP contribution in [0.1, 0.15) is 5.56 Å². The number of halogens is 1. The largest absolute Gasteiger partial charge is 0.395 e.